The standard InChI is InChI=1S/C12H13Cl2FN2O3S/c1-2-5-3-8(5)17-12(18)6-4-7(15)10(14)11(9(6)13)21(16,19)20/h4-5,8H,2-3H2,1H3,(H,17,18)(H2,16,19,20). The summed E-state index contributed by atoms with van der Waals surface area (Å²) in [6, 6.07) is 0.799. The van der Waals surface area contributed by atoms with Gasteiger partial charge in [0.25, 0.3) is 5.91 Å². The Balaban J connectivity index is 2.41. The molecular formula is C12H13Cl2FN2O3S. The van der Waals surface area contributed by atoms with Crippen molar-refractivity contribution < 1.29 is 17.6 Å². The average molecular weight is 355 g/mol. The second-order valence-electron chi connectivity index (χ2n) is 4.89. The summed E-state index contributed by atoms with van der Waals surface area (Å²) in [5, 5.41) is 6.43. The Morgan fingerprint density at radius 1 is 1.48 bits per heavy atom. The number of hydrogen-bond donors (Lipinski definition) is 2. The van der Waals surface area contributed by atoms with Gasteiger partial charge in [0.2, 0.25) is 10.0 Å². The fraction of sp³-hybridized carbons (Fsp3) is 0.417. The number of rotatable bonds is 4. The van der Waals surface area contributed by atoms with Gasteiger partial charge in [0, 0.05) is 6.04 Å². The molecule has 1 aliphatic carbocycles. The van der Waals surface area contributed by atoms with Gasteiger partial charge in [0.1, 0.15) is 10.7 Å². The van der Waals surface area contributed by atoms with E-state index in [1.807, 2.05) is 6.92 Å². The van der Waals surface area contributed by atoms with Gasteiger partial charge in [-0.1, -0.05) is 36.5 Å². The summed E-state index contributed by atoms with van der Waals surface area (Å²) >= 11 is 11.4. The van der Waals surface area contributed by atoms with E-state index >= 15 is 0 Å². The molecule has 21 heavy (non-hydrogen) atoms. The predicted octanol–water partition coefficient (Wildman–Crippen LogP) is 2.31. The van der Waals surface area contributed by atoms with Crippen LogP contribution in [0, 0.1) is 11.7 Å². The Morgan fingerprint density at radius 2 is 2.10 bits per heavy atom. The molecule has 5 nitrogen and oxygen atoms in total. The molecule has 0 heterocycles. The topological polar surface area (TPSA) is 89.3 Å². The fourth-order valence-electron chi connectivity index (χ4n) is 2.12. The van der Waals surface area contributed by atoms with Crippen molar-refractivity contribution in [1.82, 2.24) is 5.32 Å². The third kappa shape index (κ3) is 3.31. The Bertz CT molecular complexity index is 709. The maximum Gasteiger partial charge on any atom is 0.253 e. The van der Waals surface area contributed by atoms with Crippen LogP contribution in [-0.4, -0.2) is 20.4 Å². The number of sulfonamides is 1. The van der Waals surface area contributed by atoms with Gasteiger partial charge in [0.05, 0.1) is 15.6 Å². The lowest BCUT2D eigenvalue weighted by atomic mass is 10.2. The van der Waals surface area contributed by atoms with E-state index < -0.39 is 36.7 Å². The molecule has 1 amide bonds. The molecule has 0 aromatic heterocycles. The molecule has 116 valence electrons. The zero-order valence-electron chi connectivity index (χ0n) is 11.0. The molecule has 0 bridgehead atoms. The number of benzene rings is 1. The fourth-order valence-corrected chi connectivity index (χ4v) is 3.90. The summed E-state index contributed by atoms with van der Waals surface area (Å²) < 4.78 is 36.6. The zero-order valence-corrected chi connectivity index (χ0v) is 13.3. The summed E-state index contributed by atoms with van der Waals surface area (Å²) in [4.78, 5) is 11.3. The molecule has 0 radical (unpaired) electrons. The van der Waals surface area contributed by atoms with Gasteiger partial charge >= 0.3 is 0 Å². The predicted molar refractivity (Wildman–Crippen MR) is 77.4 cm³/mol. The first-order chi connectivity index (χ1) is 9.66. The third-order valence-electron chi connectivity index (χ3n) is 3.41. The number of carbonyl (C=O) groups is 1. The molecule has 3 N–H and O–H groups in total. The highest BCUT2D eigenvalue weighted by atomic mass is 35.5. The Morgan fingerprint density at radius 3 is 2.57 bits per heavy atom. The van der Waals surface area contributed by atoms with Crippen LogP contribution in [0.2, 0.25) is 10.0 Å². The lowest BCUT2D eigenvalue weighted by Gasteiger charge is -2.11. The van der Waals surface area contributed by atoms with Crippen molar-refractivity contribution in [3.05, 3.63) is 27.5 Å². The first kappa shape index (κ1) is 16.5. The Labute approximate surface area is 131 Å². The maximum atomic E-state index is 13.7. The molecular weight excluding hydrogens is 342 g/mol. The molecule has 2 rings (SSSR count). The minimum atomic E-state index is -4.35. The van der Waals surface area contributed by atoms with E-state index in [2.05, 4.69) is 5.32 Å². The number of nitrogens with one attached hydrogen (secondary N) is 1. The lowest BCUT2D eigenvalue weighted by Crippen LogP contribution is -2.28. The van der Waals surface area contributed by atoms with E-state index in [4.69, 9.17) is 28.3 Å². The van der Waals surface area contributed by atoms with Crippen LogP contribution in [0.4, 0.5) is 4.39 Å². The molecule has 9 heteroatoms. The van der Waals surface area contributed by atoms with Crippen molar-refractivity contribution in [1.29, 1.82) is 0 Å². The second kappa shape index (κ2) is 5.72. The van der Waals surface area contributed by atoms with Gasteiger partial charge in [-0.3, -0.25) is 4.79 Å². The highest BCUT2D eigenvalue weighted by molar-refractivity contribution is 7.89. The molecule has 2 unspecified atom stereocenters. The zero-order chi connectivity index (χ0) is 15.9. The van der Waals surface area contributed by atoms with E-state index in [0.717, 1.165) is 18.9 Å². The first-order valence-electron chi connectivity index (χ1n) is 6.18. The van der Waals surface area contributed by atoms with Crippen molar-refractivity contribution in [3.63, 3.8) is 0 Å². The van der Waals surface area contributed by atoms with Crippen molar-refractivity contribution >= 4 is 39.1 Å². The van der Waals surface area contributed by atoms with Crippen LogP contribution < -0.4 is 10.5 Å². The molecule has 1 aromatic rings. The number of halogens is 3. The summed E-state index contributed by atoms with van der Waals surface area (Å²) in [6.07, 6.45) is 1.74. The van der Waals surface area contributed by atoms with Gasteiger partial charge in [-0.25, -0.2) is 17.9 Å². The second-order valence-corrected chi connectivity index (χ2v) is 7.15. The number of carbonyl (C=O) groups excluding carboxylic acids is 1. The normalized spacial score (nSPS) is 21.2. The van der Waals surface area contributed by atoms with Gasteiger partial charge in [-0.2, -0.15) is 0 Å². The number of primary sulfonamides is 1. The molecule has 0 aliphatic heterocycles. The van der Waals surface area contributed by atoms with Crippen LogP contribution in [0.3, 0.4) is 0 Å². The van der Waals surface area contributed by atoms with E-state index in [-0.39, 0.29) is 11.6 Å². The molecule has 1 fully saturated rings. The number of amides is 1. The van der Waals surface area contributed by atoms with Crippen molar-refractivity contribution in [2.45, 2.75) is 30.7 Å². The smallest absolute Gasteiger partial charge is 0.253 e. The quantitative estimate of drug-likeness (QED) is 0.813. The molecule has 0 saturated heterocycles. The molecule has 0 spiro atoms. The minimum Gasteiger partial charge on any atom is -0.349 e. The SMILES string of the molecule is CCC1CC1NC(=O)c1cc(F)c(Cl)c(S(N)(=O)=O)c1Cl. The summed E-state index contributed by atoms with van der Waals surface area (Å²) in [7, 11) is -4.35. The van der Waals surface area contributed by atoms with Gasteiger partial charge in [0.15, 0.2) is 0 Å². The van der Waals surface area contributed by atoms with E-state index in [0.29, 0.717) is 5.92 Å². The minimum absolute atomic E-state index is 0.00441. The molecule has 1 aliphatic rings. The van der Waals surface area contributed by atoms with E-state index in [1.165, 1.54) is 0 Å². The number of nitrogens with two attached hydrogens (primary N) is 1. The maximum absolute atomic E-state index is 13.7. The van der Waals surface area contributed by atoms with Crippen LogP contribution in [0.5, 0.6) is 0 Å². The molecule has 1 saturated carbocycles. The third-order valence-corrected chi connectivity index (χ3v) is 5.37. The molecule has 2 atom stereocenters. The highest BCUT2D eigenvalue weighted by Gasteiger charge is 2.37. The largest absolute Gasteiger partial charge is 0.349 e. The molecule has 1 aromatic carbocycles. The Kier molecular flexibility index (Phi) is 4.49. The van der Waals surface area contributed by atoms with Crippen LogP contribution in [-0.2, 0) is 10.0 Å². The van der Waals surface area contributed by atoms with E-state index in [9.17, 15) is 17.6 Å². The Hall–Kier alpha value is -0.890. The van der Waals surface area contributed by atoms with Gasteiger partial charge in [-0.15, -0.1) is 0 Å². The summed E-state index contributed by atoms with van der Waals surface area (Å²) in [5.74, 6) is -1.35. The lowest BCUT2D eigenvalue weighted by molar-refractivity contribution is 0.0948. The van der Waals surface area contributed by atoms with Crippen molar-refractivity contribution in [3.8, 4) is 0 Å². The van der Waals surface area contributed by atoms with Gasteiger partial charge in [-0.05, 0) is 18.4 Å². The van der Waals surface area contributed by atoms with Crippen LogP contribution >= 0.6 is 23.2 Å². The average Bonchev–Trinajstić information content (AvgIpc) is 3.10. The van der Waals surface area contributed by atoms with Gasteiger partial charge < -0.3 is 5.32 Å². The number of hydrogen-bond acceptors (Lipinski definition) is 3. The summed E-state index contributed by atoms with van der Waals surface area (Å²) in [5.41, 5.74) is -0.302. The van der Waals surface area contributed by atoms with Crippen LogP contribution in [0.1, 0.15) is 30.1 Å². The van der Waals surface area contributed by atoms with Crippen LogP contribution in [0.25, 0.3) is 0 Å². The van der Waals surface area contributed by atoms with Crippen LogP contribution in [0.15, 0.2) is 11.0 Å². The monoisotopic (exact) mass is 354 g/mol. The highest BCUT2D eigenvalue weighted by Crippen LogP contribution is 2.36. The van der Waals surface area contributed by atoms with Crippen molar-refractivity contribution in [2.24, 2.45) is 11.1 Å². The van der Waals surface area contributed by atoms with E-state index in [1.54, 1.807) is 0 Å². The van der Waals surface area contributed by atoms with Crippen molar-refractivity contribution in [2.75, 3.05) is 0 Å². The summed E-state index contributed by atoms with van der Waals surface area (Å²) in [6.45, 7) is 1.99. The first-order valence-corrected chi connectivity index (χ1v) is 8.48.